The molecule has 0 spiro atoms. The van der Waals surface area contributed by atoms with Crippen LogP contribution in [0.1, 0.15) is 120 Å². The van der Waals surface area contributed by atoms with Gasteiger partial charge in [0.15, 0.2) is 11.6 Å². The van der Waals surface area contributed by atoms with E-state index in [1.807, 2.05) is 56.2 Å². The van der Waals surface area contributed by atoms with Crippen molar-refractivity contribution in [2.75, 3.05) is 23.7 Å². The maximum atomic E-state index is 13.5. The van der Waals surface area contributed by atoms with Crippen LogP contribution in [0, 0.1) is 0 Å². The molecule has 0 bridgehead atoms. The van der Waals surface area contributed by atoms with Gasteiger partial charge in [0.1, 0.15) is 34.0 Å². The van der Waals surface area contributed by atoms with E-state index in [0.717, 1.165) is 48.2 Å². The number of hydrogen-bond donors (Lipinski definition) is 4. The highest BCUT2D eigenvalue weighted by Gasteiger charge is 2.42. The number of aromatic nitrogens is 6. The van der Waals surface area contributed by atoms with E-state index in [-0.39, 0.29) is 35.5 Å². The van der Waals surface area contributed by atoms with Crippen LogP contribution in [-0.2, 0) is 20.7 Å². The molecule has 0 aliphatic carbocycles. The summed E-state index contributed by atoms with van der Waals surface area (Å²) in [5.74, 6) is 0.549. The fourth-order valence-corrected chi connectivity index (χ4v) is 10.2. The van der Waals surface area contributed by atoms with Gasteiger partial charge in [-0.2, -0.15) is 0 Å². The fraction of sp³-hybridized carbons (Fsp3) is 0.375. The van der Waals surface area contributed by atoms with Crippen molar-refractivity contribution in [2.24, 2.45) is 0 Å². The zero-order valence-electron chi connectivity index (χ0n) is 38.0. The third kappa shape index (κ3) is 10.2. The van der Waals surface area contributed by atoms with Crippen LogP contribution in [0.15, 0.2) is 84.3 Å². The number of thiophene rings is 2. The van der Waals surface area contributed by atoms with Crippen LogP contribution in [0.2, 0.25) is 0 Å². The van der Waals surface area contributed by atoms with Gasteiger partial charge in [-0.05, 0) is 114 Å². The van der Waals surface area contributed by atoms with E-state index in [4.69, 9.17) is 14.6 Å². The Hall–Kier alpha value is -6.70. The van der Waals surface area contributed by atoms with Crippen molar-refractivity contribution in [3.05, 3.63) is 118 Å². The molecule has 67 heavy (non-hydrogen) atoms. The summed E-state index contributed by atoms with van der Waals surface area (Å²) in [6.45, 7) is 13.2. The lowest BCUT2D eigenvalue weighted by atomic mass is 9.96. The monoisotopic (exact) mass is 944 g/mol. The molecular weight excluding hydrogens is 893 g/mol. The number of carbonyl (C=O) groups excluding carboxylic acids is 3. The molecule has 1 amide bonds. The van der Waals surface area contributed by atoms with Gasteiger partial charge in [0, 0.05) is 85.6 Å². The van der Waals surface area contributed by atoms with Gasteiger partial charge in [-0.15, -0.1) is 22.7 Å². The molecule has 10 heterocycles. The molecule has 0 saturated carbocycles. The number of carboxylic acids is 1. The van der Waals surface area contributed by atoms with Crippen molar-refractivity contribution < 1.29 is 33.8 Å². The summed E-state index contributed by atoms with van der Waals surface area (Å²) >= 11 is 2.79. The van der Waals surface area contributed by atoms with Gasteiger partial charge in [-0.1, -0.05) is 0 Å². The number of cyclic esters (lactones) is 2. The number of anilines is 2. The van der Waals surface area contributed by atoms with Gasteiger partial charge >= 0.3 is 17.9 Å². The minimum atomic E-state index is -0.950. The highest BCUT2D eigenvalue weighted by atomic mass is 32.1. The van der Waals surface area contributed by atoms with Crippen LogP contribution in [0.25, 0.3) is 21.4 Å². The summed E-state index contributed by atoms with van der Waals surface area (Å²) in [6.07, 6.45) is 13.9. The predicted molar refractivity (Wildman–Crippen MR) is 254 cm³/mol. The molecule has 6 aromatic rings. The van der Waals surface area contributed by atoms with E-state index in [1.54, 1.807) is 60.8 Å². The topological polar surface area (TPSA) is 224 Å². The maximum absolute atomic E-state index is 13.5. The van der Waals surface area contributed by atoms with E-state index in [2.05, 4.69) is 59.7 Å². The largest absolute Gasteiger partial charge is 0.478 e. The Morgan fingerprint density at radius 3 is 1.69 bits per heavy atom. The van der Waals surface area contributed by atoms with E-state index in [1.165, 1.54) is 22.7 Å². The van der Waals surface area contributed by atoms with Gasteiger partial charge in [-0.25, -0.2) is 44.3 Å². The van der Waals surface area contributed by atoms with Crippen LogP contribution in [-0.4, -0.2) is 101 Å². The van der Waals surface area contributed by atoms with Crippen molar-refractivity contribution >= 4 is 58.1 Å². The van der Waals surface area contributed by atoms with Gasteiger partial charge in [-0.3, -0.25) is 4.79 Å². The normalized spacial score (nSPS) is 21.0. The molecule has 2 fully saturated rings. The highest BCUT2D eigenvalue weighted by Crippen LogP contribution is 2.40. The number of fused-ring (bicyclic) bond motifs is 2. The van der Waals surface area contributed by atoms with Crippen LogP contribution < -0.4 is 16.0 Å². The number of amides is 1. The molecule has 4 N–H and O–H groups in total. The Kier molecular flexibility index (Phi) is 13.7. The Morgan fingerprint density at radius 2 is 1.18 bits per heavy atom. The summed E-state index contributed by atoms with van der Waals surface area (Å²) in [7, 11) is 0. The van der Waals surface area contributed by atoms with Crippen molar-refractivity contribution in [2.45, 2.75) is 103 Å². The molecular formula is C48H52N10O7S2. The minimum Gasteiger partial charge on any atom is -0.478 e. The third-order valence-corrected chi connectivity index (χ3v) is 13.9. The van der Waals surface area contributed by atoms with Gasteiger partial charge in [0.2, 0.25) is 0 Å². The molecule has 4 aliphatic heterocycles. The van der Waals surface area contributed by atoms with Crippen LogP contribution in [0.5, 0.6) is 0 Å². The second kappa shape index (κ2) is 19.6. The number of esters is 2. The molecule has 0 unspecified atom stereocenters. The fourth-order valence-electron chi connectivity index (χ4n) is 8.54. The Balaban J connectivity index is 0.000000151. The first-order valence-electron chi connectivity index (χ1n) is 22.1. The molecule has 0 aromatic carbocycles. The summed E-state index contributed by atoms with van der Waals surface area (Å²) in [6, 6.07) is 11.5. The average molecular weight is 945 g/mol. The lowest BCUT2D eigenvalue weighted by molar-refractivity contribution is 0.00845. The van der Waals surface area contributed by atoms with E-state index in [0.29, 0.717) is 63.5 Å². The molecule has 6 aromatic heterocycles. The lowest BCUT2D eigenvalue weighted by Gasteiger charge is -2.38. The highest BCUT2D eigenvalue weighted by molar-refractivity contribution is 7.14. The Bertz CT molecular complexity index is 2760. The number of hydrogen-bond acceptors (Lipinski definition) is 17. The number of ether oxygens (including phenoxy) is 2. The smallest absolute Gasteiger partial charge is 0.343 e. The number of aromatic carboxylic acids is 1. The van der Waals surface area contributed by atoms with Gasteiger partial charge in [0.25, 0.3) is 5.91 Å². The molecule has 2 saturated heterocycles. The van der Waals surface area contributed by atoms with E-state index in [9.17, 15) is 19.2 Å². The first-order chi connectivity index (χ1) is 32.1. The SMILES string of the molecule is C[C@@H]1CC[C@@H](Nc2nccc3c2C(=O)OC3(C)C)CN1.C[C@@H]1CC[C@@H](Nc2nccc3c2C(=O)OC3(C)C)CN1C(=O)c1ccsc1-c1ncccn1.O=C(O)c1ccsc1-c1ncccn1. The number of piperidine rings is 2. The summed E-state index contributed by atoms with van der Waals surface area (Å²) in [5.41, 5.74) is 2.44. The molecule has 348 valence electrons. The quantitative estimate of drug-likeness (QED) is 0.106. The van der Waals surface area contributed by atoms with Crippen molar-refractivity contribution in [1.29, 1.82) is 0 Å². The molecule has 17 nitrogen and oxygen atoms in total. The predicted octanol–water partition coefficient (Wildman–Crippen LogP) is 8.05. The molecule has 19 heteroatoms. The second-order valence-electron chi connectivity index (χ2n) is 17.7. The first-order valence-corrected chi connectivity index (χ1v) is 23.8. The minimum absolute atomic E-state index is 0.0317. The Labute approximate surface area is 395 Å². The van der Waals surface area contributed by atoms with Crippen molar-refractivity contribution in [1.82, 2.24) is 40.1 Å². The molecule has 4 aliphatic rings. The lowest BCUT2D eigenvalue weighted by Crippen LogP contribution is -2.49. The molecule has 10 rings (SSSR count). The maximum Gasteiger partial charge on any atom is 0.343 e. The summed E-state index contributed by atoms with van der Waals surface area (Å²) in [4.78, 5) is 77.6. The van der Waals surface area contributed by atoms with Gasteiger partial charge in [0.05, 0.1) is 20.9 Å². The number of carbonyl (C=O) groups is 4. The standard InChI is InChI=1S/C24H25N5O3S.C15H21N3O2.C9H6N2O2S/c1-14-5-6-15(28-20-18-17(7-11-27-20)24(2,3)32-23(18)31)13-29(14)22(30)16-8-12-33-19(16)21-25-9-4-10-26-21;1-9-4-5-10(8-17-9)18-13-12-11(6-7-16-13)15(2,3)20-14(12)19;12-9(13)6-2-5-14-7(6)8-10-3-1-4-11-8/h4,7-12,14-15H,5-6,13H2,1-3H3,(H,27,28);6-7,9-10,17H,4-5,8H2,1-3H3,(H,16,18);1-5H,(H,12,13)/t14-,15-;9-,10-;/m11./s1. The van der Waals surface area contributed by atoms with Gasteiger partial charge < -0.3 is 35.4 Å². The Morgan fingerprint density at radius 1 is 0.687 bits per heavy atom. The van der Waals surface area contributed by atoms with Crippen LogP contribution in [0.4, 0.5) is 11.6 Å². The summed E-state index contributed by atoms with van der Waals surface area (Å²) in [5, 5.41) is 22.7. The zero-order valence-corrected chi connectivity index (χ0v) is 39.6. The molecule has 0 radical (unpaired) electrons. The zero-order chi connectivity index (χ0) is 47.5. The number of nitrogens with zero attached hydrogens (tertiary/aromatic N) is 7. The number of rotatable bonds is 8. The van der Waals surface area contributed by atoms with Crippen LogP contribution in [0.3, 0.4) is 0 Å². The third-order valence-electron chi connectivity index (χ3n) is 12.1. The molecule has 4 atom stereocenters. The van der Waals surface area contributed by atoms with Crippen LogP contribution >= 0.6 is 22.7 Å². The van der Waals surface area contributed by atoms with Crippen molar-refractivity contribution in [3.63, 3.8) is 0 Å². The average Bonchev–Trinajstić information content (AvgIpc) is 4.11. The number of likely N-dealkylation sites (tertiary alicyclic amines) is 1. The van der Waals surface area contributed by atoms with E-state index >= 15 is 0 Å². The summed E-state index contributed by atoms with van der Waals surface area (Å²) < 4.78 is 11.0. The number of nitrogens with one attached hydrogen (secondary N) is 3. The van der Waals surface area contributed by atoms with E-state index < -0.39 is 17.2 Å². The van der Waals surface area contributed by atoms with Crippen molar-refractivity contribution in [3.8, 4) is 21.4 Å². The number of pyridine rings is 2. The number of carboxylic acid groups (broad SMARTS) is 1. The second-order valence-corrected chi connectivity index (χ2v) is 19.5. The first kappa shape index (κ1) is 46.8.